The second kappa shape index (κ2) is 10.7. The lowest BCUT2D eigenvalue weighted by atomic mass is 10.0. The second-order valence-corrected chi connectivity index (χ2v) is 7.26. The van der Waals surface area contributed by atoms with E-state index in [2.05, 4.69) is 55.5 Å². The zero-order valence-electron chi connectivity index (χ0n) is 16.8. The summed E-state index contributed by atoms with van der Waals surface area (Å²) in [5, 5.41) is 4.85. The van der Waals surface area contributed by atoms with Crippen LogP contribution in [0, 0.1) is 0 Å². The summed E-state index contributed by atoms with van der Waals surface area (Å²) < 4.78 is 11.2. The van der Waals surface area contributed by atoms with E-state index >= 15 is 0 Å². The van der Waals surface area contributed by atoms with Crippen LogP contribution in [-0.2, 0) is 9.53 Å². The summed E-state index contributed by atoms with van der Waals surface area (Å²) in [7, 11) is 0. The lowest BCUT2D eigenvalue weighted by Gasteiger charge is -2.10. The van der Waals surface area contributed by atoms with Crippen molar-refractivity contribution in [1.29, 1.82) is 0 Å². The lowest BCUT2D eigenvalue weighted by Crippen LogP contribution is -2.05. The highest BCUT2D eigenvalue weighted by Crippen LogP contribution is 2.30. The first-order chi connectivity index (χ1) is 13.8. The predicted molar refractivity (Wildman–Crippen MR) is 116 cm³/mol. The molecule has 3 aromatic carbocycles. The fourth-order valence-electron chi connectivity index (χ4n) is 3.37. The number of benzene rings is 3. The average Bonchev–Trinajstić information content (AvgIpc) is 2.72. The van der Waals surface area contributed by atoms with Crippen molar-refractivity contribution in [1.82, 2.24) is 0 Å². The average molecular weight is 379 g/mol. The van der Waals surface area contributed by atoms with Gasteiger partial charge in [0.15, 0.2) is 0 Å². The van der Waals surface area contributed by atoms with Gasteiger partial charge in [-0.05, 0) is 53.6 Å². The van der Waals surface area contributed by atoms with Gasteiger partial charge < -0.3 is 9.47 Å². The van der Waals surface area contributed by atoms with Gasteiger partial charge in [-0.3, -0.25) is 4.79 Å². The van der Waals surface area contributed by atoms with Gasteiger partial charge in [0.25, 0.3) is 0 Å². The van der Waals surface area contributed by atoms with Crippen LogP contribution in [0.4, 0.5) is 0 Å². The van der Waals surface area contributed by atoms with Gasteiger partial charge in [0, 0.05) is 11.8 Å². The molecule has 28 heavy (non-hydrogen) atoms. The number of fused-ring (bicyclic) bond motifs is 2. The minimum Gasteiger partial charge on any atom is -0.493 e. The number of unbranched alkanes of at least 4 members (excludes halogenated alkanes) is 4. The van der Waals surface area contributed by atoms with Gasteiger partial charge in [0.2, 0.25) is 0 Å². The molecule has 0 spiro atoms. The molecule has 0 saturated carbocycles. The van der Waals surface area contributed by atoms with Crippen LogP contribution < -0.4 is 4.74 Å². The minimum atomic E-state index is -0.0623. The van der Waals surface area contributed by atoms with Crippen LogP contribution in [-0.4, -0.2) is 19.2 Å². The van der Waals surface area contributed by atoms with Crippen LogP contribution >= 0.6 is 0 Å². The Balaban J connectivity index is 1.42. The van der Waals surface area contributed by atoms with Crippen LogP contribution in [0.3, 0.4) is 0 Å². The largest absolute Gasteiger partial charge is 0.493 e. The molecular weight excluding hydrogens is 348 g/mol. The molecule has 0 radical (unpaired) electrons. The highest BCUT2D eigenvalue weighted by Gasteiger charge is 2.05. The molecule has 0 atom stereocenters. The van der Waals surface area contributed by atoms with Crippen LogP contribution in [0.5, 0.6) is 5.75 Å². The zero-order valence-corrected chi connectivity index (χ0v) is 16.8. The van der Waals surface area contributed by atoms with E-state index in [4.69, 9.17) is 9.47 Å². The summed E-state index contributed by atoms with van der Waals surface area (Å²) in [6.45, 7) is 3.35. The van der Waals surface area contributed by atoms with E-state index < -0.39 is 0 Å². The van der Waals surface area contributed by atoms with Crippen molar-refractivity contribution in [3.63, 3.8) is 0 Å². The summed E-state index contributed by atoms with van der Waals surface area (Å²) in [4.78, 5) is 11.6. The minimum absolute atomic E-state index is 0.0623. The summed E-state index contributed by atoms with van der Waals surface area (Å²) in [5.74, 6) is 0.885. The molecule has 0 heterocycles. The molecule has 0 saturated heterocycles. The second-order valence-electron chi connectivity index (χ2n) is 7.26. The summed E-state index contributed by atoms with van der Waals surface area (Å²) in [6, 6.07) is 19.1. The first-order valence-electron chi connectivity index (χ1n) is 10.5. The Kier molecular flexibility index (Phi) is 7.71. The molecule has 148 valence electrons. The van der Waals surface area contributed by atoms with Crippen LogP contribution in [0.25, 0.3) is 21.5 Å². The molecule has 3 nitrogen and oxygen atoms in total. The molecule has 3 heteroatoms. The SMILES string of the molecule is CCCCOC(=O)CCCCCCOc1cccc2cc3ccccc3cc12. The molecule has 0 N–H and O–H groups in total. The highest BCUT2D eigenvalue weighted by molar-refractivity contribution is 6.00. The van der Waals surface area contributed by atoms with Gasteiger partial charge >= 0.3 is 5.97 Å². The maximum absolute atomic E-state index is 11.6. The number of hydrogen-bond acceptors (Lipinski definition) is 3. The van der Waals surface area contributed by atoms with Crippen LogP contribution in [0.15, 0.2) is 54.6 Å². The Morgan fingerprint density at radius 3 is 2.36 bits per heavy atom. The van der Waals surface area contributed by atoms with E-state index in [1.807, 2.05) is 6.07 Å². The molecular formula is C25H30O3. The third-order valence-corrected chi connectivity index (χ3v) is 5.00. The molecule has 3 rings (SSSR count). The summed E-state index contributed by atoms with van der Waals surface area (Å²) in [6.07, 6.45) is 6.52. The predicted octanol–water partition coefficient (Wildman–Crippen LogP) is 6.67. The third-order valence-electron chi connectivity index (χ3n) is 5.00. The smallest absolute Gasteiger partial charge is 0.305 e. The molecule has 0 amide bonds. The third kappa shape index (κ3) is 5.72. The number of esters is 1. The Morgan fingerprint density at radius 2 is 1.54 bits per heavy atom. The van der Waals surface area contributed by atoms with Crippen molar-refractivity contribution in [3.8, 4) is 5.75 Å². The fourth-order valence-corrected chi connectivity index (χ4v) is 3.37. The molecule has 3 aromatic rings. The normalized spacial score (nSPS) is 11.0. The Bertz CT molecular complexity index is 901. The molecule has 0 unspecified atom stereocenters. The van der Waals surface area contributed by atoms with E-state index in [-0.39, 0.29) is 5.97 Å². The highest BCUT2D eigenvalue weighted by atomic mass is 16.5. The number of ether oxygens (including phenoxy) is 2. The zero-order chi connectivity index (χ0) is 19.6. The quantitative estimate of drug-likeness (QED) is 0.212. The van der Waals surface area contributed by atoms with Crippen molar-refractivity contribution < 1.29 is 14.3 Å². The fraction of sp³-hybridized carbons (Fsp3) is 0.400. The van der Waals surface area contributed by atoms with Crippen molar-refractivity contribution in [2.24, 2.45) is 0 Å². The van der Waals surface area contributed by atoms with Gasteiger partial charge in [-0.25, -0.2) is 0 Å². The van der Waals surface area contributed by atoms with Crippen molar-refractivity contribution >= 4 is 27.5 Å². The van der Waals surface area contributed by atoms with Gasteiger partial charge in [0.05, 0.1) is 13.2 Å². The summed E-state index contributed by atoms with van der Waals surface area (Å²) in [5.41, 5.74) is 0. The number of rotatable bonds is 11. The van der Waals surface area contributed by atoms with Crippen molar-refractivity contribution in [3.05, 3.63) is 54.6 Å². The Morgan fingerprint density at radius 1 is 0.786 bits per heavy atom. The lowest BCUT2D eigenvalue weighted by molar-refractivity contribution is -0.143. The van der Waals surface area contributed by atoms with Gasteiger partial charge in [-0.2, -0.15) is 0 Å². The Hall–Kier alpha value is -2.55. The molecule has 0 aromatic heterocycles. The van der Waals surface area contributed by atoms with E-state index in [1.54, 1.807) is 0 Å². The van der Waals surface area contributed by atoms with Gasteiger partial charge in [-0.1, -0.05) is 62.6 Å². The number of carbonyl (C=O) groups excluding carboxylic acids is 1. The summed E-state index contributed by atoms with van der Waals surface area (Å²) >= 11 is 0. The van der Waals surface area contributed by atoms with E-state index in [1.165, 1.54) is 16.2 Å². The Labute approximate surface area is 167 Å². The van der Waals surface area contributed by atoms with E-state index in [0.29, 0.717) is 19.6 Å². The maximum atomic E-state index is 11.6. The first-order valence-corrected chi connectivity index (χ1v) is 10.5. The number of carbonyl (C=O) groups is 1. The topological polar surface area (TPSA) is 35.5 Å². The van der Waals surface area contributed by atoms with Crippen molar-refractivity contribution in [2.45, 2.75) is 51.9 Å². The molecule has 0 bridgehead atoms. The van der Waals surface area contributed by atoms with E-state index in [0.717, 1.165) is 49.7 Å². The van der Waals surface area contributed by atoms with Crippen LogP contribution in [0.2, 0.25) is 0 Å². The molecule has 0 aliphatic heterocycles. The van der Waals surface area contributed by atoms with Gasteiger partial charge in [0.1, 0.15) is 5.75 Å². The molecule has 0 aliphatic carbocycles. The maximum Gasteiger partial charge on any atom is 0.305 e. The van der Waals surface area contributed by atoms with Crippen molar-refractivity contribution in [2.75, 3.05) is 13.2 Å². The van der Waals surface area contributed by atoms with Gasteiger partial charge in [-0.15, -0.1) is 0 Å². The number of hydrogen-bond donors (Lipinski definition) is 0. The standard InChI is InChI=1S/C25H30O3/c1-2-3-16-28-25(26)15-6-4-5-9-17-27-24-14-10-13-22-18-20-11-7-8-12-21(20)19-23(22)24/h7-8,10-14,18-19H,2-6,9,15-17H2,1H3. The first kappa shape index (κ1) is 20.2. The molecule has 0 fully saturated rings. The monoisotopic (exact) mass is 378 g/mol. The molecule has 0 aliphatic rings. The van der Waals surface area contributed by atoms with E-state index in [9.17, 15) is 4.79 Å². The van der Waals surface area contributed by atoms with Crippen LogP contribution in [0.1, 0.15) is 51.9 Å².